The van der Waals surface area contributed by atoms with Gasteiger partial charge in [-0.2, -0.15) is 10.1 Å². The Morgan fingerprint density at radius 3 is 2.78 bits per heavy atom. The average Bonchev–Trinajstić information content (AvgIpc) is 2.96. The minimum atomic E-state index is -0.132. The van der Waals surface area contributed by atoms with Gasteiger partial charge < -0.3 is 4.52 Å². The lowest BCUT2D eigenvalue weighted by atomic mass is 9.96. The summed E-state index contributed by atoms with van der Waals surface area (Å²) in [5.74, 6) is 1.16. The lowest BCUT2D eigenvalue weighted by Crippen LogP contribution is -2.13. The third-order valence-corrected chi connectivity index (χ3v) is 2.63. The molecule has 0 bridgehead atoms. The van der Waals surface area contributed by atoms with E-state index in [0.717, 1.165) is 16.6 Å². The minimum Gasteiger partial charge on any atom is -0.334 e. The molecule has 92 valence electrons. The van der Waals surface area contributed by atoms with Crippen LogP contribution in [0.4, 0.5) is 0 Å². The number of aromatic amines is 1. The number of pyridine rings is 1. The summed E-state index contributed by atoms with van der Waals surface area (Å²) >= 11 is 0. The quantitative estimate of drug-likeness (QED) is 0.709. The van der Waals surface area contributed by atoms with Crippen molar-refractivity contribution >= 4 is 11.0 Å². The Bertz CT molecular complexity index is 692. The largest absolute Gasteiger partial charge is 0.334 e. The molecule has 0 spiro atoms. The molecule has 3 aromatic rings. The SMILES string of the molecule is CC(C)(C)c1noc(-c2cnc3cn[nH]c3c2)n1. The van der Waals surface area contributed by atoms with Gasteiger partial charge in [0, 0.05) is 11.6 Å². The van der Waals surface area contributed by atoms with Crippen molar-refractivity contribution in [2.45, 2.75) is 26.2 Å². The maximum absolute atomic E-state index is 5.27. The Morgan fingerprint density at radius 1 is 1.22 bits per heavy atom. The highest BCUT2D eigenvalue weighted by Crippen LogP contribution is 2.24. The molecule has 18 heavy (non-hydrogen) atoms. The van der Waals surface area contributed by atoms with Crippen molar-refractivity contribution in [3.05, 3.63) is 24.3 Å². The van der Waals surface area contributed by atoms with Crippen molar-refractivity contribution in [3.8, 4) is 11.5 Å². The van der Waals surface area contributed by atoms with Crippen molar-refractivity contribution in [1.29, 1.82) is 0 Å². The van der Waals surface area contributed by atoms with E-state index in [0.29, 0.717) is 11.7 Å². The van der Waals surface area contributed by atoms with Crippen LogP contribution < -0.4 is 0 Å². The normalized spacial score (nSPS) is 12.2. The number of rotatable bonds is 1. The zero-order valence-corrected chi connectivity index (χ0v) is 10.4. The third kappa shape index (κ3) is 1.75. The molecular formula is C12H13N5O. The molecule has 0 aliphatic carbocycles. The summed E-state index contributed by atoms with van der Waals surface area (Å²) in [5, 5.41) is 10.8. The van der Waals surface area contributed by atoms with Crippen molar-refractivity contribution in [2.75, 3.05) is 0 Å². The van der Waals surface area contributed by atoms with Gasteiger partial charge in [-0.1, -0.05) is 25.9 Å². The molecule has 0 radical (unpaired) electrons. The topological polar surface area (TPSA) is 80.5 Å². The van der Waals surface area contributed by atoms with Gasteiger partial charge >= 0.3 is 0 Å². The molecule has 0 unspecified atom stereocenters. The number of hydrogen-bond donors (Lipinski definition) is 1. The average molecular weight is 243 g/mol. The Kier molecular flexibility index (Phi) is 2.19. The van der Waals surface area contributed by atoms with Crippen LogP contribution in [0.3, 0.4) is 0 Å². The number of fused-ring (bicyclic) bond motifs is 1. The number of nitrogens with one attached hydrogen (secondary N) is 1. The van der Waals surface area contributed by atoms with Gasteiger partial charge in [-0.3, -0.25) is 10.1 Å². The van der Waals surface area contributed by atoms with Crippen LogP contribution in [-0.4, -0.2) is 25.3 Å². The second-order valence-corrected chi connectivity index (χ2v) is 5.20. The zero-order chi connectivity index (χ0) is 12.8. The molecule has 3 aromatic heterocycles. The molecule has 0 fully saturated rings. The Labute approximate surface area is 103 Å². The molecule has 0 amide bonds. The van der Waals surface area contributed by atoms with Gasteiger partial charge in [-0.05, 0) is 6.07 Å². The summed E-state index contributed by atoms with van der Waals surface area (Å²) in [6, 6.07) is 1.90. The fourth-order valence-corrected chi connectivity index (χ4v) is 1.59. The maximum atomic E-state index is 5.27. The molecule has 0 aromatic carbocycles. The predicted octanol–water partition coefficient (Wildman–Crippen LogP) is 2.31. The number of H-pyrrole nitrogens is 1. The van der Waals surface area contributed by atoms with Gasteiger partial charge in [-0.15, -0.1) is 0 Å². The molecule has 0 saturated heterocycles. The minimum absolute atomic E-state index is 0.132. The molecule has 6 nitrogen and oxygen atoms in total. The summed E-state index contributed by atoms with van der Waals surface area (Å²) in [5.41, 5.74) is 2.32. The number of hydrogen-bond acceptors (Lipinski definition) is 5. The van der Waals surface area contributed by atoms with E-state index in [1.165, 1.54) is 0 Å². The first kappa shape index (κ1) is 10.9. The predicted molar refractivity (Wildman–Crippen MR) is 65.9 cm³/mol. The molecule has 0 saturated carbocycles. The molecule has 1 N–H and O–H groups in total. The van der Waals surface area contributed by atoms with Gasteiger partial charge in [0.15, 0.2) is 5.82 Å². The number of aromatic nitrogens is 5. The Hall–Kier alpha value is -2.24. The van der Waals surface area contributed by atoms with Crippen molar-refractivity contribution in [3.63, 3.8) is 0 Å². The van der Waals surface area contributed by atoms with Crippen molar-refractivity contribution in [1.82, 2.24) is 25.3 Å². The highest BCUT2D eigenvalue weighted by molar-refractivity contribution is 5.77. The summed E-state index contributed by atoms with van der Waals surface area (Å²) in [4.78, 5) is 8.66. The molecule has 3 heterocycles. The van der Waals surface area contributed by atoms with Crippen LogP contribution in [0.2, 0.25) is 0 Å². The molecule has 0 atom stereocenters. The van der Waals surface area contributed by atoms with E-state index in [9.17, 15) is 0 Å². The second kappa shape index (κ2) is 3.63. The Balaban J connectivity index is 2.06. The first-order valence-electron chi connectivity index (χ1n) is 5.68. The van der Waals surface area contributed by atoms with Gasteiger partial charge in [0.2, 0.25) is 0 Å². The monoisotopic (exact) mass is 243 g/mol. The van der Waals surface area contributed by atoms with Gasteiger partial charge in [0.05, 0.1) is 17.3 Å². The lowest BCUT2D eigenvalue weighted by molar-refractivity contribution is 0.402. The fraction of sp³-hybridized carbons (Fsp3) is 0.333. The standard InChI is InChI=1S/C12H13N5O/c1-12(2,3)11-15-10(18-17-11)7-4-8-9(13-5-7)6-14-16-8/h4-6H,1-3H3,(H,14,16). The van der Waals surface area contributed by atoms with E-state index in [1.54, 1.807) is 12.4 Å². The van der Waals surface area contributed by atoms with Crippen molar-refractivity contribution < 1.29 is 4.52 Å². The van der Waals surface area contributed by atoms with E-state index >= 15 is 0 Å². The van der Waals surface area contributed by atoms with E-state index in [4.69, 9.17) is 4.52 Å². The summed E-state index contributed by atoms with van der Waals surface area (Å²) in [6.07, 6.45) is 3.38. The second-order valence-electron chi connectivity index (χ2n) is 5.20. The van der Waals surface area contributed by atoms with Gasteiger partial charge in [0.1, 0.15) is 5.52 Å². The number of nitrogens with zero attached hydrogens (tertiary/aromatic N) is 4. The summed E-state index contributed by atoms with van der Waals surface area (Å²) in [7, 11) is 0. The summed E-state index contributed by atoms with van der Waals surface area (Å²) in [6.45, 7) is 6.12. The molecule has 0 aliphatic heterocycles. The third-order valence-electron chi connectivity index (χ3n) is 2.63. The van der Waals surface area contributed by atoms with Crippen LogP contribution >= 0.6 is 0 Å². The fourth-order valence-electron chi connectivity index (χ4n) is 1.59. The van der Waals surface area contributed by atoms with E-state index in [-0.39, 0.29) is 5.41 Å². The molecule has 0 aliphatic rings. The van der Waals surface area contributed by atoms with Crippen molar-refractivity contribution in [2.24, 2.45) is 0 Å². The van der Waals surface area contributed by atoms with E-state index < -0.39 is 0 Å². The first-order chi connectivity index (χ1) is 8.54. The van der Waals surface area contributed by atoms with Crippen LogP contribution in [0.15, 0.2) is 23.0 Å². The van der Waals surface area contributed by atoms with Crippen LogP contribution in [0.25, 0.3) is 22.5 Å². The highest BCUT2D eigenvalue weighted by atomic mass is 16.5. The van der Waals surface area contributed by atoms with E-state index in [2.05, 4.69) is 25.3 Å². The van der Waals surface area contributed by atoms with Gasteiger partial charge in [0.25, 0.3) is 5.89 Å². The highest BCUT2D eigenvalue weighted by Gasteiger charge is 2.21. The molecular weight excluding hydrogens is 230 g/mol. The van der Waals surface area contributed by atoms with Crippen LogP contribution in [0.1, 0.15) is 26.6 Å². The van der Waals surface area contributed by atoms with Crippen LogP contribution in [0, 0.1) is 0 Å². The van der Waals surface area contributed by atoms with Gasteiger partial charge in [-0.25, -0.2) is 0 Å². The Morgan fingerprint density at radius 2 is 2.06 bits per heavy atom. The lowest BCUT2D eigenvalue weighted by Gasteiger charge is -2.10. The first-order valence-corrected chi connectivity index (χ1v) is 5.68. The molecule has 3 rings (SSSR count). The molecule has 6 heteroatoms. The smallest absolute Gasteiger partial charge is 0.259 e. The maximum Gasteiger partial charge on any atom is 0.259 e. The van der Waals surface area contributed by atoms with Crippen LogP contribution in [-0.2, 0) is 5.41 Å². The van der Waals surface area contributed by atoms with E-state index in [1.807, 2.05) is 26.8 Å². The summed E-state index contributed by atoms with van der Waals surface area (Å²) < 4.78 is 5.27. The van der Waals surface area contributed by atoms with Crippen LogP contribution in [0.5, 0.6) is 0 Å². The zero-order valence-electron chi connectivity index (χ0n) is 10.4.